The van der Waals surface area contributed by atoms with Gasteiger partial charge in [0.05, 0.1) is 6.61 Å². The van der Waals surface area contributed by atoms with E-state index in [1.165, 1.54) is 0 Å². The maximum atomic E-state index is 12.3. The summed E-state index contributed by atoms with van der Waals surface area (Å²) in [5.41, 5.74) is 1.90. The van der Waals surface area contributed by atoms with Gasteiger partial charge in [0.15, 0.2) is 0 Å². The summed E-state index contributed by atoms with van der Waals surface area (Å²) >= 11 is 6.04. The number of halogens is 1. The van der Waals surface area contributed by atoms with Crippen LogP contribution < -0.4 is 10.1 Å². The number of hydrogen-bond acceptors (Lipinski definition) is 3. The molecular formula is C15H15ClN2O2. The number of aromatic nitrogens is 1. The third-order valence-electron chi connectivity index (χ3n) is 2.81. The van der Waals surface area contributed by atoms with Crippen molar-refractivity contribution in [3.63, 3.8) is 0 Å². The van der Waals surface area contributed by atoms with Crippen LogP contribution in [0.3, 0.4) is 0 Å². The van der Waals surface area contributed by atoms with Gasteiger partial charge in [-0.05, 0) is 43.7 Å². The number of nitrogens with one attached hydrogen (secondary N) is 1. The Bertz CT molecular complexity index is 629. The zero-order valence-electron chi connectivity index (χ0n) is 11.3. The van der Waals surface area contributed by atoms with Crippen molar-refractivity contribution in [3.05, 3.63) is 52.7 Å². The normalized spacial score (nSPS) is 10.2. The lowest BCUT2D eigenvalue weighted by molar-refractivity contribution is 0.102. The summed E-state index contributed by atoms with van der Waals surface area (Å²) in [4.78, 5) is 16.4. The van der Waals surface area contributed by atoms with Gasteiger partial charge in [0.25, 0.3) is 5.91 Å². The summed E-state index contributed by atoms with van der Waals surface area (Å²) in [7, 11) is 0. The van der Waals surface area contributed by atoms with Gasteiger partial charge in [0, 0.05) is 16.9 Å². The fourth-order valence-electron chi connectivity index (χ4n) is 1.75. The number of rotatable bonds is 4. The highest BCUT2D eigenvalue weighted by atomic mass is 35.5. The van der Waals surface area contributed by atoms with Crippen LogP contribution in [0.4, 0.5) is 5.69 Å². The largest absolute Gasteiger partial charge is 0.477 e. The number of anilines is 1. The second-order valence-electron chi connectivity index (χ2n) is 4.16. The van der Waals surface area contributed by atoms with Gasteiger partial charge in [-0.15, -0.1) is 0 Å². The van der Waals surface area contributed by atoms with Crippen LogP contribution >= 0.6 is 11.6 Å². The molecule has 1 amide bonds. The average Bonchev–Trinajstić information content (AvgIpc) is 2.45. The van der Waals surface area contributed by atoms with Crippen molar-refractivity contribution in [3.8, 4) is 5.88 Å². The summed E-state index contributed by atoms with van der Waals surface area (Å²) in [6, 6.07) is 8.74. The fraction of sp³-hybridized carbons (Fsp3) is 0.200. The lowest BCUT2D eigenvalue weighted by Crippen LogP contribution is -2.15. The molecule has 2 aromatic rings. The molecule has 20 heavy (non-hydrogen) atoms. The van der Waals surface area contributed by atoms with Gasteiger partial charge in [-0.2, -0.15) is 0 Å². The lowest BCUT2D eigenvalue weighted by atomic mass is 10.2. The van der Waals surface area contributed by atoms with E-state index >= 15 is 0 Å². The smallest absolute Gasteiger partial charge is 0.261 e. The molecule has 0 bridgehead atoms. The minimum absolute atomic E-state index is 0.271. The second kappa shape index (κ2) is 6.39. The van der Waals surface area contributed by atoms with Crippen LogP contribution in [0, 0.1) is 6.92 Å². The highest BCUT2D eigenvalue weighted by Crippen LogP contribution is 2.24. The van der Waals surface area contributed by atoms with Crippen molar-refractivity contribution < 1.29 is 9.53 Å². The molecule has 0 saturated carbocycles. The van der Waals surface area contributed by atoms with Crippen LogP contribution in [0.5, 0.6) is 5.88 Å². The van der Waals surface area contributed by atoms with E-state index in [9.17, 15) is 4.79 Å². The van der Waals surface area contributed by atoms with E-state index in [0.717, 1.165) is 5.56 Å². The molecule has 2 rings (SSSR count). The summed E-state index contributed by atoms with van der Waals surface area (Å²) in [6.07, 6.45) is 1.59. The van der Waals surface area contributed by atoms with Gasteiger partial charge in [0.2, 0.25) is 5.88 Å². The summed E-state index contributed by atoms with van der Waals surface area (Å²) in [6.45, 7) is 4.15. The maximum absolute atomic E-state index is 12.3. The van der Waals surface area contributed by atoms with E-state index in [1.807, 2.05) is 13.8 Å². The Labute approximate surface area is 122 Å². The Morgan fingerprint density at radius 1 is 1.35 bits per heavy atom. The van der Waals surface area contributed by atoms with Gasteiger partial charge in [-0.25, -0.2) is 4.98 Å². The number of ether oxygens (including phenoxy) is 1. The summed E-state index contributed by atoms with van der Waals surface area (Å²) in [5.74, 6) is 0.0547. The number of pyridine rings is 1. The van der Waals surface area contributed by atoms with Gasteiger partial charge in [-0.3, -0.25) is 4.79 Å². The predicted octanol–water partition coefficient (Wildman–Crippen LogP) is 3.69. The molecule has 1 N–H and O–H groups in total. The molecule has 0 aliphatic heterocycles. The molecule has 104 valence electrons. The van der Waals surface area contributed by atoms with Crippen molar-refractivity contribution in [1.29, 1.82) is 0 Å². The first-order valence-corrected chi connectivity index (χ1v) is 6.65. The van der Waals surface area contributed by atoms with Crippen molar-refractivity contribution in [2.24, 2.45) is 0 Å². The van der Waals surface area contributed by atoms with E-state index in [2.05, 4.69) is 10.3 Å². The first-order chi connectivity index (χ1) is 9.63. The molecule has 1 aromatic heterocycles. The van der Waals surface area contributed by atoms with Crippen molar-refractivity contribution in [1.82, 2.24) is 4.98 Å². The van der Waals surface area contributed by atoms with Crippen LogP contribution in [0.25, 0.3) is 0 Å². The van der Waals surface area contributed by atoms with Crippen molar-refractivity contribution >= 4 is 23.2 Å². The third-order valence-corrected chi connectivity index (χ3v) is 3.22. The molecule has 0 aliphatic rings. The first kappa shape index (κ1) is 14.3. The van der Waals surface area contributed by atoms with Gasteiger partial charge in [-0.1, -0.05) is 17.7 Å². The average molecular weight is 291 g/mol. The number of amides is 1. The molecule has 0 fully saturated rings. The minimum atomic E-state index is -0.271. The monoisotopic (exact) mass is 290 g/mol. The maximum Gasteiger partial charge on any atom is 0.261 e. The van der Waals surface area contributed by atoms with E-state index in [0.29, 0.717) is 28.8 Å². The van der Waals surface area contributed by atoms with E-state index in [-0.39, 0.29) is 5.91 Å². The Morgan fingerprint density at radius 2 is 2.15 bits per heavy atom. The predicted molar refractivity (Wildman–Crippen MR) is 79.5 cm³/mol. The van der Waals surface area contributed by atoms with Crippen LogP contribution in [-0.2, 0) is 0 Å². The van der Waals surface area contributed by atoms with Crippen LogP contribution in [0.15, 0.2) is 36.5 Å². The number of carbonyl (C=O) groups is 1. The molecule has 0 aliphatic carbocycles. The molecular weight excluding hydrogens is 276 g/mol. The molecule has 0 unspecified atom stereocenters. The van der Waals surface area contributed by atoms with Crippen LogP contribution in [0.2, 0.25) is 5.02 Å². The molecule has 1 aromatic carbocycles. The molecule has 4 nitrogen and oxygen atoms in total. The summed E-state index contributed by atoms with van der Waals surface area (Å²) in [5, 5.41) is 3.43. The Hall–Kier alpha value is -2.07. The number of carbonyl (C=O) groups excluding carboxylic acids is 1. The highest BCUT2D eigenvalue weighted by Gasteiger charge is 2.14. The Kier molecular flexibility index (Phi) is 4.58. The molecule has 0 radical (unpaired) electrons. The van der Waals surface area contributed by atoms with E-state index < -0.39 is 0 Å². The first-order valence-electron chi connectivity index (χ1n) is 6.27. The SMILES string of the molecule is CCOc1ncccc1C(=O)Nc1cccc(Cl)c1C. The highest BCUT2D eigenvalue weighted by molar-refractivity contribution is 6.31. The summed E-state index contributed by atoms with van der Waals surface area (Å²) < 4.78 is 5.35. The number of hydrogen-bond donors (Lipinski definition) is 1. The Balaban J connectivity index is 2.26. The van der Waals surface area contributed by atoms with Gasteiger partial charge < -0.3 is 10.1 Å². The van der Waals surface area contributed by atoms with Crippen LogP contribution in [-0.4, -0.2) is 17.5 Å². The third kappa shape index (κ3) is 3.08. The molecule has 0 spiro atoms. The van der Waals surface area contributed by atoms with Gasteiger partial charge >= 0.3 is 0 Å². The van der Waals surface area contributed by atoms with Crippen LogP contribution in [0.1, 0.15) is 22.8 Å². The standard InChI is InChI=1S/C15H15ClN2O2/c1-3-20-15-11(6-5-9-17-15)14(19)18-13-8-4-7-12(16)10(13)2/h4-9H,3H2,1-2H3,(H,18,19). The lowest BCUT2D eigenvalue weighted by Gasteiger charge is -2.11. The molecule has 1 heterocycles. The molecule has 5 heteroatoms. The number of nitrogens with zero attached hydrogens (tertiary/aromatic N) is 1. The zero-order valence-corrected chi connectivity index (χ0v) is 12.1. The van der Waals surface area contributed by atoms with E-state index in [4.69, 9.17) is 16.3 Å². The molecule has 0 saturated heterocycles. The number of benzene rings is 1. The Morgan fingerprint density at radius 3 is 2.90 bits per heavy atom. The zero-order chi connectivity index (χ0) is 14.5. The second-order valence-corrected chi connectivity index (χ2v) is 4.56. The molecule has 0 atom stereocenters. The minimum Gasteiger partial charge on any atom is -0.477 e. The van der Waals surface area contributed by atoms with Crippen molar-refractivity contribution in [2.45, 2.75) is 13.8 Å². The fourth-order valence-corrected chi connectivity index (χ4v) is 1.92. The quantitative estimate of drug-likeness (QED) is 0.934. The van der Waals surface area contributed by atoms with Gasteiger partial charge in [0.1, 0.15) is 5.56 Å². The van der Waals surface area contributed by atoms with Crippen molar-refractivity contribution in [2.75, 3.05) is 11.9 Å². The van der Waals surface area contributed by atoms with E-state index in [1.54, 1.807) is 36.5 Å². The topological polar surface area (TPSA) is 51.2 Å².